The Kier molecular flexibility index (Phi) is 5.31. The third-order valence-corrected chi connectivity index (χ3v) is 3.82. The van der Waals surface area contributed by atoms with Gasteiger partial charge in [-0.2, -0.15) is 0 Å². The van der Waals surface area contributed by atoms with Crippen LogP contribution in [0.2, 0.25) is 0 Å². The van der Waals surface area contributed by atoms with Crippen molar-refractivity contribution in [3.8, 4) is 0 Å². The number of nitrogen functional groups attached to an aromatic ring is 1. The van der Waals surface area contributed by atoms with Gasteiger partial charge < -0.3 is 10.5 Å². The van der Waals surface area contributed by atoms with Crippen molar-refractivity contribution in [2.24, 2.45) is 5.84 Å². The first kappa shape index (κ1) is 15.2. The van der Waals surface area contributed by atoms with E-state index < -0.39 is 0 Å². The van der Waals surface area contributed by atoms with Gasteiger partial charge >= 0.3 is 0 Å². The van der Waals surface area contributed by atoms with Crippen LogP contribution in [-0.4, -0.2) is 42.2 Å². The quantitative estimate of drug-likeness (QED) is 0.540. The number of nitrogens with zero attached hydrogens (tertiary/aromatic N) is 2. The summed E-state index contributed by atoms with van der Waals surface area (Å²) in [6.45, 7) is 7.84. The summed E-state index contributed by atoms with van der Waals surface area (Å²) in [7, 11) is 0. The van der Waals surface area contributed by atoms with Gasteiger partial charge in [-0.25, -0.2) is 4.98 Å². The Hall–Kier alpha value is -1.21. The Bertz CT molecular complexity index is 417. The zero-order valence-electron chi connectivity index (χ0n) is 12.3. The predicted molar refractivity (Wildman–Crippen MR) is 79.9 cm³/mol. The lowest BCUT2D eigenvalue weighted by molar-refractivity contribution is -0.0471. The predicted octanol–water partition coefficient (Wildman–Crippen LogP) is 0.587. The molecule has 0 spiro atoms. The van der Waals surface area contributed by atoms with E-state index in [1.807, 2.05) is 13.0 Å². The van der Waals surface area contributed by atoms with Gasteiger partial charge in [0.05, 0.1) is 18.8 Å². The molecule has 1 saturated heterocycles. The van der Waals surface area contributed by atoms with Crippen molar-refractivity contribution in [3.63, 3.8) is 0 Å². The van der Waals surface area contributed by atoms with Gasteiger partial charge in [0.1, 0.15) is 5.82 Å². The molecule has 20 heavy (non-hydrogen) atoms. The number of nitrogens with two attached hydrogens (primary N) is 2. The maximum Gasteiger partial charge on any atom is 0.128 e. The van der Waals surface area contributed by atoms with Crippen LogP contribution in [0.5, 0.6) is 0 Å². The highest BCUT2D eigenvalue weighted by Gasteiger charge is 2.30. The first-order chi connectivity index (χ1) is 9.67. The molecule has 0 bridgehead atoms. The molecule has 5 N–H and O–H groups in total. The first-order valence-corrected chi connectivity index (χ1v) is 7.18. The monoisotopic (exact) mass is 279 g/mol. The molecule has 0 aromatic carbocycles. The number of morpholine rings is 1. The van der Waals surface area contributed by atoms with Crippen molar-refractivity contribution in [1.82, 2.24) is 15.3 Å². The lowest BCUT2D eigenvalue weighted by Crippen LogP contribution is -2.50. The van der Waals surface area contributed by atoms with Gasteiger partial charge in [0, 0.05) is 24.8 Å². The number of hydrogen-bond donors (Lipinski definition) is 3. The van der Waals surface area contributed by atoms with Crippen LogP contribution in [-0.2, 0) is 4.74 Å². The summed E-state index contributed by atoms with van der Waals surface area (Å²) in [6, 6.07) is 1.81. The van der Waals surface area contributed by atoms with Crippen LogP contribution in [0.3, 0.4) is 0 Å². The van der Waals surface area contributed by atoms with Crippen molar-refractivity contribution < 1.29 is 4.74 Å². The molecule has 0 saturated carbocycles. The minimum absolute atomic E-state index is 0.00880. The second-order valence-corrected chi connectivity index (χ2v) is 5.28. The fourth-order valence-corrected chi connectivity index (χ4v) is 2.82. The lowest BCUT2D eigenvalue weighted by atomic mass is 9.97. The summed E-state index contributed by atoms with van der Waals surface area (Å²) in [6.07, 6.45) is 2.85. The van der Waals surface area contributed by atoms with Crippen LogP contribution in [0, 0.1) is 6.92 Å². The lowest BCUT2D eigenvalue weighted by Gasteiger charge is -2.37. The largest absolute Gasteiger partial charge is 0.383 e. The van der Waals surface area contributed by atoms with Gasteiger partial charge in [0.2, 0.25) is 0 Å². The molecule has 1 aromatic heterocycles. The minimum Gasteiger partial charge on any atom is -0.383 e. The van der Waals surface area contributed by atoms with E-state index in [0.29, 0.717) is 5.82 Å². The molecule has 1 aliphatic rings. The number of ether oxygens (including phenoxy) is 1. The molecule has 0 amide bonds. The van der Waals surface area contributed by atoms with Crippen LogP contribution >= 0.6 is 0 Å². The number of hydrazine groups is 1. The molecule has 2 atom stereocenters. The van der Waals surface area contributed by atoms with Crippen molar-refractivity contribution in [1.29, 1.82) is 0 Å². The van der Waals surface area contributed by atoms with Crippen LogP contribution in [0.4, 0.5) is 5.82 Å². The molecule has 2 rings (SSSR count). The van der Waals surface area contributed by atoms with E-state index in [0.717, 1.165) is 43.8 Å². The standard InChI is InChI=1S/C14H25N5O/c1-3-6-19-7-8-20-11(9-19)13(18-16)12-10(2)4-5-17-14(12)15/h4-5,11,13,18H,3,6-9,16H2,1-2H3,(H2,15,17). The fraction of sp³-hybridized carbons (Fsp3) is 0.643. The molecular weight excluding hydrogens is 254 g/mol. The maximum absolute atomic E-state index is 6.02. The number of aryl methyl sites for hydroxylation is 1. The Morgan fingerprint density at radius 3 is 3.05 bits per heavy atom. The Morgan fingerprint density at radius 1 is 1.60 bits per heavy atom. The minimum atomic E-state index is -0.136. The van der Waals surface area contributed by atoms with E-state index in [2.05, 4.69) is 22.2 Å². The average molecular weight is 279 g/mol. The second-order valence-electron chi connectivity index (χ2n) is 5.28. The van der Waals surface area contributed by atoms with Gasteiger partial charge in [-0.15, -0.1) is 0 Å². The van der Waals surface area contributed by atoms with Gasteiger partial charge in [0.15, 0.2) is 0 Å². The third-order valence-electron chi connectivity index (χ3n) is 3.82. The van der Waals surface area contributed by atoms with Gasteiger partial charge in [0.25, 0.3) is 0 Å². The van der Waals surface area contributed by atoms with Crippen LogP contribution in [0.1, 0.15) is 30.5 Å². The van der Waals surface area contributed by atoms with Crippen molar-refractivity contribution >= 4 is 5.82 Å². The van der Waals surface area contributed by atoms with E-state index in [1.165, 1.54) is 0 Å². The Morgan fingerprint density at radius 2 is 2.40 bits per heavy atom. The van der Waals surface area contributed by atoms with E-state index in [1.54, 1.807) is 6.20 Å². The number of aromatic nitrogens is 1. The summed E-state index contributed by atoms with van der Waals surface area (Å²) in [5.41, 5.74) is 10.9. The van der Waals surface area contributed by atoms with E-state index in [4.69, 9.17) is 16.3 Å². The number of rotatable bonds is 5. The third kappa shape index (κ3) is 3.27. The molecule has 6 heteroatoms. The molecule has 0 aliphatic carbocycles. The van der Waals surface area contributed by atoms with E-state index in [-0.39, 0.29) is 12.1 Å². The molecule has 1 aliphatic heterocycles. The van der Waals surface area contributed by atoms with Crippen LogP contribution in [0.25, 0.3) is 0 Å². The zero-order valence-corrected chi connectivity index (χ0v) is 12.3. The SMILES string of the molecule is CCCN1CCOC(C(NN)c2c(C)ccnc2N)C1. The van der Waals surface area contributed by atoms with Crippen molar-refractivity contribution in [3.05, 3.63) is 23.4 Å². The molecule has 1 fully saturated rings. The average Bonchev–Trinajstić information content (AvgIpc) is 2.44. The Labute approximate surface area is 120 Å². The molecule has 2 heterocycles. The summed E-state index contributed by atoms with van der Waals surface area (Å²) in [5, 5.41) is 0. The van der Waals surface area contributed by atoms with Gasteiger partial charge in [-0.05, 0) is 31.5 Å². The van der Waals surface area contributed by atoms with Gasteiger partial charge in [-0.3, -0.25) is 16.2 Å². The van der Waals surface area contributed by atoms with Crippen molar-refractivity contribution in [2.45, 2.75) is 32.4 Å². The molecule has 6 nitrogen and oxygen atoms in total. The summed E-state index contributed by atoms with van der Waals surface area (Å²) < 4.78 is 5.90. The molecular formula is C14H25N5O. The van der Waals surface area contributed by atoms with Crippen molar-refractivity contribution in [2.75, 3.05) is 32.0 Å². The van der Waals surface area contributed by atoms with Crippen LogP contribution in [0.15, 0.2) is 12.3 Å². The summed E-state index contributed by atoms with van der Waals surface area (Å²) in [4.78, 5) is 6.58. The van der Waals surface area contributed by atoms with Crippen LogP contribution < -0.4 is 17.0 Å². The van der Waals surface area contributed by atoms with E-state index in [9.17, 15) is 0 Å². The fourth-order valence-electron chi connectivity index (χ4n) is 2.82. The highest BCUT2D eigenvalue weighted by Crippen LogP contribution is 2.27. The number of anilines is 1. The normalized spacial score (nSPS) is 21.9. The number of hydrogen-bond acceptors (Lipinski definition) is 6. The Balaban J connectivity index is 2.19. The summed E-state index contributed by atoms with van der Waals surface area (Å²) >= 11 is 0. The topological polar surface area (TPSA) is 89.4 Å². The molecule has 2 unspecified atom stereocenters. The number of nitrogens with one attached hydrogen (secondary N) is 1. The highest BCUT2D eigenvalue weighted by atomic mass is 16.5. The molecule has 112 valence electrons. The zero-order chi connectivity index (χ0) is 14.5. The first-order valence-electron chi connectivity index (χ1n) is 7.18. The molecule has 0 radical (unpaired) electrons. The second kappa shape index (κ2) is 6.99. The number of pyridine rings is 1. The van der Waals surface area contributed by atoms with E-state index >= 15 is 0 Å². The van der Waals surface area contributed by atoms with Gasteiger partial charge in [-0.1, -0.05) is 6.92 Å². The molecule has 1 aromatic rings. The smallest absolute Gasteiger partial charge is 0.128 e. The highest BCUT2D eigenvalue weighted by molar-refractivity contribution is 5.46. The summed E-state index contributed by atoms with van der Waals surface area (Å²) in [5.74, 6) is 6.28. The maximum atomic E-state index is 6.02.